The number of benzene rings is 1. The van der Waals surface area contributed by atoms with E-state index in [2.05, 4.69) is 10.3 Å². The van der Waals surface area contributed by atoms with E-state index in [9.17, 15) is 5.11 Å². The van der Waals surface area contributed by atoms with Gasteiger partial charge in [-0.15, -0.1) is 0 Å². The Bertz CT molecular complexity index is 515. The molecule has 1 aromatic heterocycles. The average molecular weight is 263 g/mol. The van der Waals surface area contributed by atoms with Crippen LogP contribution >= 0.6 is 0 Å². The molecule has 2 rings (SSSR count). The molecule has 0 bridgehead atoms. The maximum absolute atomic E-state index is 9.54. The third kappa shape index (κ3) is 5.87. The van der Waals surface area contributed by atoms with Crippen molar-refractivity contribution in [2.45, 2.75) is 6.54 Å². The Kier molecular flexibility index (Phi) is 5.61. The lowest BCUT2D eigenvalue weighted by Crippen LogP contribution is -2.03. The van der Waals surface area contributed by atoms with E-state index in [-0.39, 0.29) is 0 Å². The van der Waals surface area contributed by atoms with Crippen molar-refractivity contribution in [2.75, 3.05) is 5.32 Å². The highest BCUT2D eigenvalue weighted by Gasteiger charge is 1.99. The maximum Gasteiger partial charge on any atom is 0.169 e. The Morgan fingerprint density at radius 1 is 1.16 bits per heavy atom. The molecule has 0 unspecified atom stereocenters. The van der Waals surface area contributed by atoms with Gasteiger partial charge in [-0.3, -0.25) is 0 Å². The van der Waals surface area contributed by atoms with Crippen LogP contribution in [0.25, 0.3) is 0 Å². The van der Waals surface area contributed by atoms with Crippen molar-refractivity contribution < 1.29 is 15.2 Å². The summed E-state index contributed by atoms with van der Waals surface area (Å²) in [6.07, 6.45) is 3.71. The Hall–Kier alpha value is -2.83. The smallest absolute Gasteiger partial charge is 0.169 e. The first-order chi connectivity index (χ1) is 9.09. The van der Waals surface area contributed by atoms with E-state index in [1.807, 2.05) is 42.7 Å². The van der Waals surface area contributed by atoms with Gasteiger partial charge < -0.3 is 25.7 Å². The van der Waals surface area contributed by atoms with Gasteiger partial charge in [-0.05, 0) is 6.07 Å². The number of aromatic amines is 1. The van der Waals surface area contributed by atoms with E-state index in [4.69, 9.17) is 15.3 Å². The molecule has 0 aliphatic carbocycles. The van der Waals surface area contributed by atoms with Crippen LogP contribution in [0.2, 0.25) is 0 Å². The summed E-state index contributed by atoms with van der Waals surface area (Å²) in [6, 6.07) is 11.2. The number of H-pyrrole nitrogens is 1. The Balaban J connectivity index is 0.000000399. The molecular formula is C12H13N3O4. The van der Waals surface area contributed by atoms with Gasteiger partial charge in [0, 0.05) is 29.9 Å². The molecule has 7 heteroatoms. The molecule has 19 heavy (non-hydrogen) atoms. The van der Waals surface area contributed by atoms with Crippen LogP contribution in [0.15, 0.2) is 48.8 Å². The quantitative estimate of drug-likeness (QED) is 0.644. The van der Waals surface area contributed by atoms with Crippen LogP contribution in [-0.2, 0) is 6.54 Å². The van der Waals surface area contributed by atoms with Gasteiger partial charge in [0.15, 0.2) is 12.4 Å². The fourth-order valence-corrected chi connectivity index (χ4v) is 1.36. The number of phenols is 1. The van der Waals surface area contributed by atoms with Gasteiger partial charge in [0.1, 0.15) is 5.75 Å². The molecule has 0 saturated carbocycles. The van der Waals surface area contributed by atoms with Crippen LogP contribution in [0.1, 0.15) is 5.56 Å². The third-order valence-electron chi connectivity index (χ3n) is 2.19. The number of rotatable bonds is 3. The SMILES string of the molecule is O=[N+]([O-])[O-].Oc1ccccc1CNc1cc[nH+]cc1. The van der Waals surface area contributed by atoms with Crippen molar-refractivity contribution in [2.24, 2.45) is 0 Å². The lowest BCUT2D eigenvalue weighted by Gasteiger charge is -2.06. The van der Waals surface area contributed by atoms with Crippen LogP contribution in [0.4, 0.5) is 5.69 Å². The molecule has 0 aliphatic rings. The second kappa shape index (κ2) is 7.49. The molecule has 2 aromatic rings. The number of aromatic nitrogens is 1. The van der Waals surface area contributed by atoms with Crippen molar-refractivity contribution in [1.29, 1.82) is 0 Å². The molecule has 3 N–H and O–H groups in total. The fourth-order valence-electron chi connectivity index (χ4n) is 1.36. The van der Waals surface area contributed by atoms with Gasteiger partial charge in [-0.1, -0.05) is 18.2 Å². The molecule has 0 radical (unpaired) electrons. The van der Waals surface area contributed by atoms with Gasteiger partial charge in [0.2, 0.25) is 0 Å². The van der Waals surface area contributed by atoms with Crippen molar-refractivity contribution in [3.8, 4) is 5.75 Å². The Morgan fingerprint density at radius 2 is 1.74 bits per heavy atom. The zero-order valence-corrected chi connectivity index (χ0v) is 9.95. The number of pyridine rings is 1. The molecule has 0 amide bonds. The van der Waals surface area contributed by atoms with E-state index >= 15 is 0 Å². The number of nitrogens with zero attached hydrogens (tertiary/aromatic N) is 1. The van der Waals surface area contributed by atoms with Crippen LogP contribution in [-0.4, -0.2) is 10.2 Å². The second-order valence-electron chi connectivity index (χ2n) is 3.49. The summed E-state index contributed by atoms with van der Waals surface area (Å²) in [5.74, 6) is 0.326. The number of aromatic hydroxyl groups is 1. The summed E-state index contributed by atoms with van der Waals surface area (Å²) in [6.45, 7) is 0.622. The predicted octanol–water partition coefficient (Wildman–Crippen LogP) is 1.58. The van der Waals surface area contributed by atoms with Crippen molar-refractivity contribution in [3.05, 3.63) is 69.7 Å². The van der Waals surface area contributed by atoms with Crippen molar-refractivity contribution in [3.63, 3.8) is 0 Å². The Morgan fingerprint density at radius 3 is 2.32 bits per heavy atom. The molecule has 1 aromatic carbocycles. The zero-order valence-electron chi connectivity index (χ0n) is 9.95. The fraction of sp³-hybridized carbons (Fsp3) is 0.0833. The molecule has 7 nitrogen and oxygen atoms in total. The number of phenolic OH excluding ortho intramolecular Hbond substituents is 1. The molecule has 0 atom stereocenters. The first kappa shape index (κ1) is 14.2. The summed E-state index contributed by atoms with van der Waals surface area (Å²) in [5, 5.41) is 27.5. The zero-order chi connectivity index (χ0) is 14.1. The maximum atomic E-state index is 9.54. The predicted molar refractivity (Wildman–Crippen MR) is 68.8 cm³/mol. The summed E-state index contributed by atoms with van der Waals surface area (Å²) in [4.78, 5) is 11.2. The lowest BCUT2D eigenvalue weighted by molar-refractivity contribution is -0.402. The normalized spacial score (nSPS) is 9.05. The van der Waals surface area contributed by atoms with Gasteiger partial charge >= 0.3 is 0 Å². The second-order valence-corrected chi connectivity index (χ2v) is 3.49. The highest BCUT2D eigenvalue weighted by molar-refractivity contribution is 5.42. The van der Waals surface area contributed by atoms with Crippen LogP contribution in [0, 0.1) is 15.3 Å². The highest BCUT2D eigenvalue weighted by Crippen LogP contribution is 2.16. The number of hydrogen-bond donors (Lipinski definition) is 2. The minimum absolute atomic E-state index is 0.326. The number of anilines is 1. The minimum atomic E-state index is -1.75. The number of hydrogen-bond acceptors (Lipinski definition) is 5. The summed E-state index contributed by atoms with van der Waals surface area (Å²) in [5.41, 5.74) is 1.92. The Labute approximate surface area is 109 Å². The highest BCUT2D eigenvalue weighted by atomic mass is 16.9. The molecule has 0 spiro atoms. The molecule has 0 fully saturated rings. The average Bonchev–Trinajstić information content (AvgIpc) is 2.38. The minimum Gasteiger partial charge on any atom is -0.508 e. The molecular weight excluding hydrogens is 250 g/mol. The van der Waals surface area contributed by atoms with Gasteiger partial charge in [0.25, 0.3) is 0 Å². The first-order valence-corrected chi connectivity index (χ1v) is 5.38. The molecule has 0 saturated heterocycles. The van der Waals surface area contributed by atoms with Crippen LogP contribution in [0.5, 0.6) is 5.75 Å². The van der Waals surface area contributed by atoms with Crippen LogP contribution < -0.4 is 10.3 Å². The van der Waals surface area contributed by atoms with E-state index in [0.29, 0.717) is 12.3 Å². The number of nitrogens with one attached hydrogen (secondary N) is 2. The van der Waals surface area contributed by atoms with E-state index in [0.717, 1.165) is 11.3 Å². The monoisotopic (exact) mass is 263 g/mol. The first-order valence-electron chi connectivity index (χ1n) is 5.38. The van der Waals surface area contributed by atoms with E-state index < -0.39 is 5.09 Å². The van der Waals surface area contributed by atoms with Gasteiger partial charge in [-0.2, -0.15) is 0 Å². The van der Waals surface area contributed by atoms with E-state index in [1.165, 1.54) is 0 Å². The lowest BCUT2D eigenvalue weighted by atomic mass is 10.2. The van der Waals surface area contributed by atoms with Gasteiger partial charge in [0.05, 0.1) is 5.09 Å². The summed E-state index contributed by atoms with van der Waals surface area (Å²) in [7, 11) is 0. The molecule has 100 valence electrons. The molecule has 1 heterocycles. The largest absolute Gasteiger partial charge is 0.508 e. The summed E-state index contributed by atoms with van der Waals surface area (Å²) >= 11 is 0. The molecule has 0 aliphatic heterocycles. The standard InChI is InChI=1S/C12H12N2O.NO3/c15-12-4-2-1-3-10(12)9-14-11-5-7-13-8-6-11;2-1(3)4/h1-8,15H,9H2,(H,13,14);/q;-1/p+1. The third-order valence-corrected chi connectivity index (χ3v) is 2.19. The van der Waals surface area contributed by atoms with E-state index in [1.54, 1.807) is 6.07 Å². The van der Waals surface area contributed by atoms with Crippen molar-refractivity contribution in [1.82, 2.24) is 0 Å². The van der Waals surface area contributed by atoms with Crippen molar-refractivity contribution >= 4 is 5.69 Å². The van der Waals surface area contributed by atoms with Crippen LogP contribution in [0.3, 0.4) is 0 Å². The number of para-hydroxylation sites is 1. The van der Waals surface area contributed by atoms with Gasteiger partial charge in [-0.25, -0.2) is 4.98 Å². The summed E-state index contributed by atoms with van der Waals surface area (Å²) < 4.78 is 0. The topological polar surface area (TPSA) is 113 Å².